The number of aliphatic hydroxyl groups is 1. The first-order valence-corrected chi connectivity index (χ1v) is 11.7. The second-order valence-corrected chi connectivity index (χ2v) is 8.57. The summed E-state index contributed by atoms with van der Waals surface area (Å²) in [7, 11) is 0. The van der Waals surface area contributed by atoms with Crippen molar-refractivity contribution in [2.24, 2.45) is 16.5 Å². The smallest absolute Gasteiger partial charge is 0.326 e. The Morgan fingerprint density at radius 1 is 1.19 bits per heavy atom. The Labute approximate surface area is 207 Å². The normalized spacial score (nSPS) is 18.3. The van der Waals surface area contributed by atoms with Crippen molar-refractivity contribution in [1.82, 2.24) is 31.2 Å². The zero-order valence-electron chi connectivity index (χ0n) is 20.1. The minimum Gasteiger partial charge on any atom is -0.480 e. The van der Waals surface area contributed by atoms with E-state index in [2.05, 4.69) is 36.2 Å². The van der Waals surface area contributed by atoms with E-state index in [-0.39, 0.29) is 31.8 Å². The SMILES string of the molecule is CC(O)C(NC(=O)C1CCCN1)C(=O)NC(Cc1cnc[nH]1)C(=O)NC(CCCN=C(N)N)C(=O)O. The number of aromatic nitrogens is 2. The number of carboxylic acid groups (broad SMARTS) is 1. The molecule has 0 radical (unpaired) electrons. The highest BCUT2D eigenvalue weighted by atomic mass is 16.4. The predicted molar refractivity (Wildman–Crippen MR) is 128 cm³/mol. The van der Waals surface area contributed by atoms with Crippen LogP contribution in [0.1, 0.15) is 38.3 Å². The monoisotopic (exact) mass is 509 g/mol. The molecule has 1 aliphatic rings. The fourth-order valence-electron chi connectivity index (χ4n) is 3.69. The number of amides is 3. The number of aliphatic imine (C=N–C) groups is 1. The molecule has 0 saturated carbocycles. The molecule has 1 aliphatic heterocycles. The molecule has 0 bridgehead atoms. The highest BCUT2D eigenvalue weighted by molar-refractivity contribution is 5.94. The Hall–Kier alpha value is -3.72. The van der Waals surface area contributed by atoms with Crippen molar-refractivity contribution in [2.45, 2.75) is 69.3 Å². The van der Waals surface area contributed by atoms with Crippen LogP contribution in [0.25, 0.3) is 0 Å². The zero-order chi connectivity index (χ0) is 26.7. The van der Waals surface area contributed by atoms with E-state index in [1.165, 1.54) is 19.4 Å². The van der Waals surface area contributed by atoms with Gasteiger partial charge in [-0.3, -0.25) is 19.4 Å². The first-order chi connectivity index (χ1) is 17.1. The topological polar surface area (TPSA) is 250 Å². The number of nitrogens with one attached hydrogen (secondary N) is 5. The second-order valence-electron chi connectivity index (χ2n) is 8.57. The van der Waals surface area contributed by atoms with Crippen LogP contribution in [-0.2, 0) is 25.6 Å². The molecular formula is C21H35N9O6. The Balaban J connectivity index is 2.10. The Morgan fingerprint density at radius 3 is 2.47 bits per heavy atom. The summed E-state index contributed by atoms with van der Waals surface area (Å²) in [5.41, 5.74) is 11.0. The summed E-state index contributed by atoms with van der Waals surface area (Å²) in [5.74, 6) is -3.39. The molecular weight excluding hydrogens is 474 g/mol. The molecule has 36 heavy (non-hydrogen) atoms. The van der Waals surface area contributed by atoms with Crippen molar-refractivity contribution in [3.63, 3.8) is 0 Å². The molecule has 1 fully saturated rings. The Kier molecular flexibility index (Phi) is 11.1. The van der Waals surface area contributed by atoms with Crippen LogP contribution >= 0.6 is 0 Å². The highest BCUT2D eigenvalue weighted by Crippen LogP contribution is 2.07. The molecule has 5 unspecified atom stereocenters. The van der Waals surface area contributed by atoms with Gasteiger partial charge in [-0.1, -0.05) is 0 Å². The molecule has 2 rings (SSSR count). The van der Waals surface area contributed by atoms with E-state index in [4.69, 9.17) is 11.5 Å². The highest BCUT2D eigenvalue weighted by Gasteiger charge is 2.33. The Bertz CT molecular complexity index is 911. The average Bonchev–Trinajstić information content (AvgIpc) is 3.52. The summed E-state index contributed by atoms with van der Waals surface area (Å²) < 4.78 is 0. The van der Waals surface area contributed by atoms with Gasteiger partial charge in [-0.2, -0.15) is 0 Å². The van der Waals surface area contributed by atoms with Crippen LogP contribution in [0.4, 0.5) is 0 Å². The van der Waals surface area contributed by atoms with Crippen molar-refractivity contribution in [2.75, 3.05) is 13.1 Å². The van der Waals surface area contributed by atoms with Crippen molar-refractivity contribution >= 4 is 29.7 Å². The molecule has 3 amide bonds. The zero-order valence-corrected chi connectivity index (χ0v) is 20.1. The number of nitrogens with two attached hydrogens (primary N) is 2. The Morgan fingerprint density at radius 2 is 1.92 bits per heavy atom. The number of rotatable bonds is 14. The van der Waals surface area contributed by atoms with E-state index in [9.17, 15) is 29.4 Å². The first-order valence-electron chi connectivity index (χ1n) is 11.7. The number of aromatic amines is 1. The fraction of sp³-hybridized carbons (Fsp3) is 0.619. The van der Waals surface area contributed by atoms with Crippen molar-refractivity contribution in [3.05, 3.63) is 18.2 Å². The van der Waals surface area contributed by atoms with Crippen molar-refractivity contribution in [3.8, 4) is 0 Å². The van der Waals surface area contributed by atoms with Gasteiger partial charge in [0.15, 0.2) is 5.96 Å². The molecule has 1 saturated heterocycles. The minimum absolute atomic E-state index is 0.0391. The quantitative estimate of drug-likeness (QED) is 0.0685. The van der Waals surface area contributed by atoms with Crippen LogP contribution in [-0.4, -0.2) is 93.2 Å². The van der Waals surface area contributed by atoms with Gasteiger partial charge in [0.1, 0.15) is 18.1 Å². The van der Waals surface area contributed by atoms with Crippen LogP contribution in [0.15, 0.2) is 17.5 Å². The number of imidazole rings is 1. The van der Waals surface area contributed by atoms with E-state index < -0.39 is 54.0 Å². The number of H-pyrrole nitrogens is 1. The molecule has 5 atom stereocenters. The average molecular weight is 510 g/mol. The van der Waals surface area contributed by atoms with Gasteiger partial charge in [-0.15, -0.1) is 0 Å². The molecule has 1 aromatic rings. The van der Waals surface area contributed by atoms with Gasteiger partial charge in [-0.25, -0.2) is 9.78 Å². The van der Waals surface area contributed by atoms with E-state index in [0.717, 1.165) is 6.42 Å². The summed E-state index contributed by atoms with van der Waals surface area (Å²) in [4.78, 5) is 60.7. The largest absolute Gasteiger partial charge is 0.480 e. The molecule has 0 aromatic carbocycles. The van der Waals surface area contributed by atoms with Gasteiger partial charge in [0.2, 0.25) is 17.7 Å². The third-order valence-electron chi connectivity index (χ3n) is 5.61. The maximum absolute atomic E-state index is 13.0. The van der Waals surface area contributed by atoms with Gasteiger partial charge in [0.05, 0.1) is 18.5 Å². The van der Waals surface area contributed by atoms with E-state index >= 15 is 0 Å². The molecule has 1 aromatic heterocycles. The van der Waals surface area contributed by atoms with Gasteiger partial charge in [-0.05, 0) is 39.2 Å². The molecule has 15 heteroatoms. The molecule has 2 heterocycles. The minimum atomic E-state index is -1.33. The number of hydrogen-bond acceptors (Lipinski definition) is 8. The molecule has 11 N–H and O–H groups in total. The third-order valence-corrected chi connectivity index (χ3v) is 5.61. The number of carbonyl (C=O) groups excluding carboxylic acids is 3. The van der Waals surface area contributed by atoms with Crippen LogP contribution in [0, 0.1) is 0 Å². The fourth-order valence-corrected chi connectivity index (χ4v) is 3.69. The van der Waals surface area contributed by atoms with Gasteiger partial charge < -0.3 is 47.9 Å². The summed E-state index contributed by atoms with van der Waals surface area (Å²) in [6.45, 7) is 2.20. The van der Waals surface area contributed by atoms with Crippen molar-refractivity contribution in [1.29, 1.82) is 0 Å². The molecule has 0 aliphatic carbocycles. The summed E-state index contributed by atoms with van der Waals surface area (Å²) in [6.07, 6.45) is 3.30. The molecule has 200 valence electrons. The lowest BCUT2D eigenvalue weighted by atomic mass is 10.1. The number of hydrogen-bond donors (Lipinski definition) is 9. The summed E-state index contributed by atoms with van der Waals surface area (Å²) in [6, 6.07) is -4.28. The lowest BCUT2D eigenvalue weighted by molar-refractivity contribution is -0.142. The maximum Gasteiger partial charge on any atom is 0.326 e. The number of aliphatic carboxylic acids is 1. The maximum atomic E-state index is 13.0. The summed E-state index contributed by atoms with van der Waals surface area (Å²) in [5, 5.41) is 30.1. The van der Waals surface area contributed by atoms with Crippen LogP contribution in [0.3, 0.4) is 0 Å². The molecule has 0 spiro atoms. The van der Waals surface area contributed by atoms with Crippen LogP contribution in [0.5, 0.6) is 0 Å². The lowest BCUT2D eigenvalue weighted by Crippen LogP contribution is -2.60. The van der Waals surface area contributed by atoms with Gasteiger partial charge >= 0.3 is 5.97 Å². The first kappa shape index (κ1) is 28.5. The predicted octanol–water partition coefficient (Wildman–Crippen LogP) is -3.32. The lowest BCUT2D eigenvalue weighted by Gasteiger charge is -2.26. The van der Waals surface area contributed by atoms with E-state index in [1.54, 1.807) is 0 Å². The van der Waals surface area contributed by atoms with E-state index in [0.29, 0.717) is 18.7 Å². The molecule has 15 nitrogen and oxygen atoms in total. The number of guanidine groups is 1. The van der Waals surface area contributed by atoms with Crippen molar-refractivity contribution < 1.29 is 29.4 Å². The third kappa shape index (κ3) is 9.14. The number of aliphatic hydroxyl groups excluding tert-OH is 1. The van der Waals surface area contributed by atoms with Crippen LogP contribution < -0.4 is 32.7 Å². The summed E-state index contributed by atoms with van der Waals surface area (Å²) >= 11 is 0. The van der Waals surface area contributed by atoms with Gasteiger partial charge in [0, 0.05) is 24.9 Å². The van der Waals surface area contributed by atoms with Gasteiger partial charge in [0.25, 0.3) is 0 Å². The second kappa shape index (κ2) is 14.0. The standard InChI is InChI=1S/C21H35N9O6/c1-11(31)16(30-17(32)13-4-2-6-25-13)19(34)29-15(8-12-9-24-10-27-12)18(33)28-14(20(35)36)5-3-7-26-21(22)23/h9-11,13-16,25,31H,2-8H2,1H3,(H,24,27)(H,28,33)(H,29,34)(H,30,32)(H,35,36)(H4,22,23,26). The van der Waals surface area contributed by atoms with E-state index in [1.807, 2.05) is 0 Å². The number of nitrogens with zero attached hydrogens (tertiary/aromatic N) is 2. The number of carbonyl (C=O) groups is 4. The number of carboxylic acids is 1. The van der Waals surface area contributed by atoms with Crippen LogP contribution in [0.2, 0.25) is 0 Å².